The predicted octanol–water partition coefficient (Wildman–Crippen LogP) is 22.1. The second-order valence-electron chi connectivity index (χ2n) is 28.5. The molecule has 0 atom stereocenters. The quantitative estimate of drug-likeness (QED) is 0.141. The van der Waals surface area contributed by atoms with Crippen molar-refractivity contribution >= 4 is 65.2 Å². The number of rotatable bonds is 8. The fraction of sp³-hybridized carbons (Fsp3) is 0.195. The lowest BCUT2D eigenvalue weighted by molar-refractivity contribution is 0.584. The minimum absolute atomic E-state index is 0.00846. The Balaban J connectivity index is 0.758. The van der Waals surface area contributed by atoms with E-state index < -0.39 is 0 Å². The molecule has 0 N–H and O–H groups in total. The largest absolute Gasteiger partial charge is 0.416 e. The van der Waals surface area contributed by atoms with Gasteiger partial charge in [-0.15, -0.1) is 20.4 Å². The van der Waals surface area contributed by atoms with Crippen LogP contribution in [0.25, 0.3) is 145 Å². The molecule has 15 aromatic rings. The molecule has 0 aliphatic heterocycles. The van der Waals surface area contributed by atoms with Crippen molar-refractivity contribution in [3.63, 3.8) is 0 Å². The third kappa shape index (κ3) is 9.68. The van der Waals surface area contributed by atoms with E-state index in [1.54, 1.807) is 0 Å². The first-order valence-electron chi connectivity index (χ1n) is 31.3. The molecular formula is C82H72N6O2. The third-order valence-corrected chi connectivity index (χ3v) is 18.3. The minimum Gasteiger partial charge on any atom is -0.416 e. The van der Waals surface area contributed by atoms with Gasteiger partial charge in [-0.1, -0.05) is 192 Å². The molecule has 4 aromatic heterocycles. The second-order valence-corrected chi connectivity index (χ2v) is 28.5. The smallest absolute Gasteiger partial charge is 0.248 e. The van der Waals surface area contributed by atoms with Gasteiger partial charge in [0, 0.05) is 55.2 Å². The standard InChI is InChI=1S/C82H72N6O2/c1-79(2,3)55-33-37-69-65(45-55)66-46-56(80(4,5)6)34-38-70(66)87(69)59-27-19-25-53(43-59)77-85-83-75(89-77)51-23-17-21-49(41-51)73-61-29-13-15-31-63(61)74(64-32-16-14-30-62(64)73)50-22-18-24-52(42-50)76-84-86-78(90-76)54-26-20-28-60(44-54)88-71-39-35-57(81(7,8)9)47-67(71)68-48-58(82(10,11)12)36-40-72(68)88/h13-48H,1-12H3. The maximum atomic E-state index is 6.65. The van der Waals surface area contributed by atoms with Crippen molar-refractivity contribution in [3.05, 3.63) is 241 Å². The summed E-state index contributed by atoms with van der Waals surface area (Å²) in [6, 6.07) is 79.0. The molecule has 0 aliphatic rings. The van der Waals surface area contributed by atoms with E-state index in [4.69, 9.17) is 19.0 Å². The highest BCUT2D eigenvalue weighted by molar-refractivity contribution is 6.21. The van der Waals surface area contributed by atoms with Crippen LogP contribution in [0, 0.1) is 0 Å². The SMILES string of the molecule is CC(C)(C)c1ccc2c(c1)c1cc(C(C)(C)C)ccc1n2-c1cccc(-c2nnc(-c3cccc(-c4c5ccccc5c(-c5cccc(-c6nnc(-c7cccc(-n8c9ccc(C(C)(C)C)cc9c9cc(C(C)(C)C)ccc98)c7)o6)c5)c5ccccc45)c3)o2)c1. The zero-order valence-corrected chi connectivity index (χ0v) is 53.3. The number of hydrogen-bond acceptors (Lipinski definition) is 6. The van der Waals surface area contributed by atoms with Gasteiger partial charge in [-0.3, -0.25) is 0 Å². The summed E-state index contributed by atoms with van der Waals surface area (Å²) in [5.41, 5.74) is 19.6. The Hall–Kier alpha value is -10.2. The molecule has 0 amide bonds. The molecule has 8 heteroatoms. The molecule has 15 rings (SSSR count). The molecule has 0 fully saturated rings. The van der Waals surface area contributed by atoms with Gasteiger partial charge in [-0.2, -0.15) is 0 Å². The van der Waals surface area contributed by atoms with E-state index >= 15 is 0 Å². The molecule has 4 heterocycles. The minimum atomic E-state index is 0.00846. The average molecular weight is 1170 g/mol. The Kier molecular flexibility index (Phi) is 13.0. The average Bonchev–Trinajstić information content (AvgIpc) is 1.40. The van der Waals surface area contributed by atoms with Crippen molar-refractivity contribution in [1.82, 2.24) is 29.5 Å². The second kappa shape index (κ2) is 20.7. The van der Waals surface area contributed by atoms with Crippen LogP contribution in [0.2, 0.25) is 0 Å². The normalized spacial score (nSPS) is 12.7. The van der Waals surface area contributed by atoms with Crippen LogP contribution >= 0.6 is 0 Å². The molecule has 0 saturated carbocycles. The van der Waals surface area contributed by atoms with E-state index in [9.17, 15) is 0 Å². The van der Waals surface area contributed by atoms with E-state index in [1.165, 1.54) is 43.8 Å². The molecule has 0 radical (unpaired) electrons. The molecule has 0 spiro atoms. The van der Waals surface area contributed by atoms with E-state index in [-0.39, 0.29) is 21.7 Å². The Morgan fingerprint density at radius 3 is 0.778 bits per heavy atom. The van der Waals surface area contributed by atoms with Gasteiger partial charge in [0.25, 0.3) is 0 Å². The zero-order chi connectivity index (χ0) is 62.2. The van der Waals surface area contributed by atoms with Gasteiger partial charge in [-0.05, 0) is 197 Å². The lowest BCUT2D eigenvalue weighted by atomic mass is 9.85. The van der Waals surface area contributed by atoms with Gasteiger partial charge < -0.3 is 18.0 Å². The Bertz CT molecular complexity index is 4830. The first-order valence-corrected chi connectivity index (χ1v) is 31.3. The molecule has 0 unspecified atom stereocenters. The van der Waals surface area contributed by atoms with Crippen LogP contribution in [0.15, 0.2) is 227 Å². The van der Waals surface area contributed by atoms with Crippen molar-refractivity contribution in [1.29, 1.82) is 0 Å². The van der Waals surface area contributed by atoms with Crippen LogP contribution in [0.4, 0.5) is 0 Å². The first-order chi connectivity index (χ1) is 43.1. The Labute approximate surface area is 525 Å². The maximum absolute atomic E-state index is 6.65. The lowest BCUT2D eigenvalue weighted by Gasteiger charge is -2.19. The van der Waals surface area contributed by atoms with Crippen LogP contribution in [0.5, 0.6) is 0 Å². The van der Waals surface area contributed by atoms with E-state index in [2.05, 4.69) is 297 Å². The van der Waals surface area contributed by atoms with E-state index in [0.717, 1.165) is 99.5 Å². The zero-order valence-electron chi connectivity index (χ0n) is 53.3. The summed E-state index contributed by atoms with van der Waals surface area (Å²) in [6.07, 6.45) is 0. The molecule has 8 nitrogen and oxygen atoms in total. The van der Waals surface area contributed by atoms with Gasteiger partial charge >= 0.3 is 0 Å². The highest BCUT2D eigenvalue weighted by Crippen LogP contribution is 2.46. The number of aromatic nitrogens is 6. The fourth-order valence-corrected chi connectivity index (χ4v) is 13.3. The summed E-state index contributed by atoms with van der Waals surface area (Å²) in [5.74, 6) is 1.81. The Morgan fingerprint density at radius 1 is 0.244 bits per heavy atom. The van der Waals surface area contributed by atoms with Gasteiger partial charge in [0.1, 0.15) is 0 Å². The number of hydrogen-bond donors (Lipinski definition) is 0. The number of fused-ring (bicyclic) bond motifs is 8. The predicted molar refractivity (Wildman–Crippen MR) is 373 cm³/mol. The van der Waals surface area contributed by atoms with Crippen molar-refractivity contribution in [2.75, 3.05) is 0 Å². The molecule has 442 valence electrons. The molecular weight excluding hydrogens is 1100 g/mol. The van der Waals surface area contributed by atoms with E-state index in [0.29, 0.717) is 23.6 Å². The molecule has 90 heavy (non-hydrogen) atoms. The monoisotopic (exact) mass is 1170 g/mol. The summed E-state index contributed by atoms with van der Waals surface area (Å²) < 4.78 is 18.0. The van der Waals surface area contributed by atoms with Crippen molar-refractivity contribution in [2.24, 2.45) is 0 Å². The van der Waals surface area contributed by atoms with Gasteiger partial charge in [-0.25, -0.2) is 0 Å². The molecule has 11 aromatic carbocycles. The van der Waals surface area contributed by atoms with Crippen LogP contribution in [-0.2, 0) is 21.7 Å². The van der Waals surface area contributed by atoms with E-state index in [1.807, 2.05) is 24.3 Å². The molecule has 0 aliphatic carbocycles. The van der Waals surface area contributed by atoms with Crippen LogP contribution in [0.1, 0.15) is 105 Å². The fourth-order valence-electron chi connectivity index (χ4n) is 13.3. The van der Waals surface area contributed by atoms with Crippen molar-refractivity contribution in [2.45, 2.75) is 105 Å². The van der Waals surface area contributed by atoms with Crippen molar-refractivity contribution in [3.8, 4) is 79.4 Å². The lowest BCUT2D eigenvalue weighted by Crippen LogP contribution is -2.10. The summed E-state index contributed by atoms with van der Waals surface area (Å²) in [5, 5.41) is 28.2. The summed E-state index contributed by atoms with van der Waals surface area (Å²) in [7, 11) is 0. The van der Waals surface area contributed by atoms with Crippen LogP contribution < -0.4 is 0 Å². The van der Waals surface area contributed by atoms with Gasteiger partial charge in [0.15, 0.2) is 0 Å². The van der Waals surface area contributed by atoms with Crippen LogP contribution in [0.3, 0.4) is 0 Å². The molecule has 0 saturated heterocycles. The Morgan fingerprint density at radius 2 is 0.500 bits per heavy atom. The first kappa shape index (κ1) is 56.3. The summed E-state index contributed by atoms with van der Waals surface area (Å²) >= 11 is 0. The third-order valence-electron chi connectivity index (χ3n) is 18.3. The number of nitrogens with zero attached hydrogens (tertiary/aromatic N) is 6. The van der Waals surface area contributed by atoms with Gasteiger partial charge in [0.2, 0.25) is 23.6 Å². The molecule has 0 bridgehead atoms. The highest BCUT2D eigenvalue weighted by Gasteiger charge is 2.26. The topological polar surface area (TPSA) is 87.7 Å². The summed E-state index contributed by atoms with van der Waals surface area (Å²) in [4.78, 5) is 0. The maximum Gasteiger partial charge on any atom is 0.248 e. The van der Waals surface area contributed by atoms with Gasteiger partial charge in [0.05, 0.1) is 22.1 Å². The summed E-state index contributed by atoms with van der Waals surface area (Å²) in [6.45, 7) is 27.3. The number of benzene rings is 11. The van der Waals surface area contributed by atoms with Crippen molar-refractivity contribution < 1.29 is 8.83 Å². The van der Waals surface area contributed by atoms with Crippen LogP contribution in [-0.4, -0.2) is 29.5 Å². The highest BCUT2D eigenvalue weighted by atomic mass is 16.4.